The topological polar surface area (TPSA) is 59.2 Å². The Bertz CT molecular complexity index is 819. The van der Waals surface area contributed by atoms with E-state index in [4.69, 9.17) is 4.74 Å². The number of aromatic nitrogens is 1. The average Bonchev–Trinajstić information content (AvgIpc) is 3.03. The second-order valence-electron chi connectivity index (χ2n) is 5.00. The molecular formula is C18H15NO3S. The Labute approximate surface area is 137 Å². The summed E-state index contributed by atoms with van der Waals surface area (Å²) in [6, 6.07) is 16.5. The van der Waals surface area contributed by atoms with Gasteiger partial charge in [0.2, 0.25) is 0 Å². The highest BCUT2D eigenvalue weighted by Gasteiger charge is 2.14. The van der Waals surface area contributed by atoms with E-state index in [-0.39, 0.29) is 12.4 Å². The van der Waals surface area contributed by atoms with Gasteiger partial charge in [0, 0.05) is 21.4 Å². The van der Waals surface area contributed by atoms with Crippen LogP contribution in [0.4, 0.5) is 0 Å². The smallest absolute Gasteiger partial charge is 0.355 e. The number of hydrogen-bond donors (Lipinski definition) is 1. The van der Waals surface area contributed by atoms with Crippen molar-refractivity contribution in [2.75, 3.05) is 12.9 Å². The van der Waals surface area contributed by atoms with Crippen molar-refractivity contribution in [1.82, 2.24) is 4.98 Å². The van der Waals surface area contributed by atoms with Crippen LogP contribution >= 0.6 is 11.8 Å². The molecule has 4 nitrogen and oxygen atoms in total. The summed E-state index contributed by atoms with van der Waals surface area (Å²) in [6.45, 7) is -0.271. The third kappa shape index (κ3) is 3.46. The van der Waals surface area contributed by atoms with Crippen molar-refractivity contribution in [3.05, 3.63) is 65.9 Å². The number of fused-ring (bicyclic) bond motifs is 1. The number of nitrogens with one attached hydrogen (secondary N) is 1. The minimum Gasteiger partial charge on any atom is -0.453 e. The van der Waals surface area contributed by atoms with Gasteiger partial charge in [0.25, 0.3) is 0 Å². The molecule has 0 amide bonds. The maximum Gasteiger partial charge on any atom is 0.355 e. The molecule has 0 atom stereocenters. The lowest BCUT2D eigenvalue weighted by Crippen LogP contribution is -2.14. The molecule has 1 aromatic heterocycles. The molecule has 3 rings (SSSR count). The second kappa shape index (κ2) is 6.71. The van der Waals surface area contributed by atoms with Gasteiger partial charge in [0.05, 0.1) is 0 Å². The van der Waals surface area contributed by atoms with E-state index in [1.54, 1.807) is 30.0 Å². The summed E-state index contributed by atoms with van der Waals surface area (Å²) in [4.78, 5) is 28.2. The number of thioether (sulfide) groups is 1. The summed E-state index contributed by atoms with van der Waals surface area (Å²) < 4.78 is 5.11. The number of benzene rings is 2. The molecular weight excluding hydrogens is 310 g/mol. The van der Waals surface area contributed by atoms with Crippen LogP contribution in [0.3, 0.4) is 0 Å². The fourth-order valence-corrected chi connectivity index (χ4v) is 2.66. The Morgan fingerprint density at radius 3 is 2.52 bits per heavy atom. The van der Waals surface area contributed by atoms with Crippen LogP contribution in [0.15, 0.2) is 59.5 Å². The maximum absolute atomic E-state index is 12.1. The molecule has 0 spiro atoms. The Kier molecular flexibility index (Phi) is 4.48. The molecule has 116 valence electrons. The van der Waals surface area contributed by atoms with E-state index < -0.39 is 5.97 Å². The first-order valence-corrected chi connectivity index (χ1v) is 8.32. The average molecular weight is 325 g/mol. The van der Waals surface area contributed by atoms with Crippen molar-refractivity contribution in [2.45, 2.75) is 4.90 Å². The van der Waals surface area contributed by atoms with Crippen molar-refractivity contribution in [3.63, 3.8) is 0 Å². The van der Waals surface area contributed by atoms with Crippen LogP contribution in [0, 0.1) is 0 Å². The number of carbonyl (C=O) groups excluding carboxylic acids is 2. The number of rotatable bonds is 5. The molecule has 23 heavy (non-hydrogen) atoms. The van der Waals surface area contributed by atoms with E-state index >= 15 is 0 Å². The van der Waals surface area contributed by atoms with Gasteiger partial charge in [0.1, 0.15) is 5.69 Å². The second-order valence-corrected chi connectivity index (χ2v) is 5.88. The van der Waals surface area contributed by atoms with Gasteiger partial charge in [0.15, 0.2) is 12.4 Å². The zero-order chi connectivity index (χ0) is 16.2. The predicted octanol–water partition coefficient (Wildman–Crippen LogP) is 3.93. The lowest BCUT2D eigenvalue weighted by atomic mass is 10.1. The number of esters is 1. The van der Waals surface area contributed by atoms with Crippen LogP contribution in [-0.4, -0.2) is 29.6 Å². The molecule has 0 aliphatic carbocycles. The molecule has 2 aromatic carbocycles. The summed E-state index contributed by atoms with van der Waals surface area (Å²) in [5.74, 6) is -0.752. The van der Waals surface area contributed by atoms with Crippen molar-refractivity contribution in [3.8, 4) is 0 Å². The summed E-state index contributed by atoms with van der Waals surface area (Å²) >= 11 is 1.61. The van der Waals surface area contributed by atoms with Crippen LogP contribution in [0.2, 0.25) is 0 Å². The third-order valence-corrected chi connectivity index (χ3v) is 4.24. The quantitative estimate of drug-likeness (QED) is 0.439. The van der Waals surface area contributed by atoms with Gasteiger partial charge >= 0.3 is 5.97 Å². The lowest BCUT2D eigenvalue weighted by molar-refractivity contribution is 0.0470. The molecule has 0 fully saturated rings. The maximum atomic E-state index is 12.1. The number of carbonyl (C=O) groups is 2. The molecule has 0 radical (unpaired) electrons. The summed E-state index contributed by atoms with van der Waals surface area (Å²) in [5, 5.41) is 0.929. The first-order valence-electron chi connectivity index (χ1n) is 7.09. The molecule has 0 saturated carbocycles. The zero-order valence-corrected chi connectivity index (χ0v) is 13.4. The number of Topliss-reactive ketones (excluding diaryl/α,β-unsaturated/α-hetero) is 1. The van der Waals surface area contributed by atoms with Crippen LogP contribution in [0.5, 0.6) is 0 Å². The minimum absolute atomic E-state index is 0.220. The molecule has 0 saturated heterocycles. The number of para-hydroxylation sites is 1. The largest absolute Gasteiger partial charge is 0.453 e. The molecule has 3 aromatic rings. The van der Waals surface area contributed by atoms with E-state index in [1.807, 2.05) is 42.7 Å². The number of hydrogen-bond acceptors (Lipinski definition) is 4. The van der Waals surface area contributed by atoms with E-state index in [0.717, 1.165) is 15.8 Å². The first kappa shape index (κ1) is 15.4. The first-order chi connectivity index (χ1) is 11.2. The summed E-state index contributed by atoms with van der Waals surface area (Å²) in [7, 11) is 0. The minimum atomic E-state index is -0.532. The molecule has 1 heterocycles. The van der Waals surface area contributed by atoms with E-state index in [0.29, 0.717) is 11.3 Å². The Morgan fingerprint density at radius 1 is 1.09 bits per heavy atom. The fraction of sp³-hybridized carbons (Fsp3) is 0.111. The fourth-order valence-electron chi connectivity index (χ4n) is 2.25. The van der Waals surface area contributed by atoms with Gasteiger partial charge in [-0.05, 0) is 30.5 Å². The van der Waals surface area contributed by atoms with Crippen molar-refractivity contribution in [2.24, 2.45) is 0 Å². The zero-order valence-electron chi connectivity index (χ0n) is 12.5. The normalized spacial score (nSPS) is 10.7. The molecule has 1 N–H and O–H groups in total. The molecule has 0 bridgehead atoms. The van der Waals surface area contributed by atoms with Gasteiger partial charge in [-0.15, -0.1) is 11.8 Å². The highest BCUT2D eigenvalue weighted by molar-refractivity contribution is 7.98. The van der Waals surface area contributed by atoms with Gasteiger partial charge in [-0.25, -0.2) is 4.79 Å². The van der Waals surface area contributed by atoms with Crippen molar-refractivity contribution in [1.29, 1.82) is 0 Å². The molecule has 0 aliphatic heterocycles. The highest BCUT2D eigenvalue weighted by Crippen LogP contribution is 2.16. The Morgan fingerprint density at radius 2 is 1.83 bits per heavy atom. The highest BCUT2D eigenvalue weighted by atomic mass is 32.2. The van der Waals surface area contributed by atoms with Gasteiger partial charge < -0.3 is 9.72 Å². The molecule has 0 aliphatic rings. The van der Waals surface area contributed by atoms with Gasteiger partial charge in [-0.3, -0.25) is 4.79 Å². The monoisotopic (exact) mass is 325 g/mol. The summed E-state index contributed by atoms with van der Waals surface area (Å²) in [6.07, 6.45) is 1.97. The van der Waals surface area contributed by atoms with E-state index in [1.165, 1.54) is 0 Å². The number of ether oxygens (including phenoxy) is 1. The molecule has 5 heteroatoms. The van der Waals surface area contributed by atoms with E-state index in [2.05, 4.69) is 4.98 Å². The standard InChI is InChI=1S/C18H15NO3S/c1-23-14-8-6-12(7-9-14)17(20)11-22-18(21)16-10-13-4-2-3-5-15(13)19-16/h2-10,19H,11H2,1H3. The van der Waals surface area contributed by atoms with Crippen LogP contribution in [-0.2, 0) is 4.74 Å². The number of ketones is 1. The SMILES string of the molecule is CSc1ccc(C(=O)COC(=O)c2cc3ccccc3[nH]2)cc1. The van der Waals surface area contributed by atoms with Gasteiger partial charge in [-0.1, -0.05) is 30.3 Å². The number of aromatic amines is 1. The van der Waals surface area contributed by atoms with E-state index in [9.17, 15) is 9.59 Å². The Balaban J connectivity index is 1.64. The third-order valence-electron chi connectivity index (χ3n) is 3.50. The molecule has 0 unspecified atom stereocenters. The Hall–Kier alpha value is -2.53. The lowest BCUT2D eigenvalue weighted by Gasteiger charge is -2.04. The van der Waals surface area contributed by atoms with Crippen LogP contribution in [0.1, 0.15) is 20.8 Å². The summed E-state index contributed by atoms with van der Waals surface area (Å²) in [5.41, 5.74) is 1.74. The van der Waals surface area contributed by atoms with Gasteiger partial charge in [-0.2, -0.15) is 0 Å². The van der Waals surface area contributed by atoms with Crippen LogP contribution < -0.4 is 0 Å². The van der Waals surface area contributed by atoms with Crippen molar-refractivity contribution < 1.29 is 14.3 Å². The van der Waals surface area contributed by atoms with Crippen LogP contribution in [0.25, 0.3) is 10.9 Å². The van der Waals surface area contributed by atoms with Crippen molar-refractivity contribution >= 4 is 34.4 Å². The predicted molar refractivity (Wildman–Crippen MR) is 91.1 cm³/mol. The number of H-pyrrole nitrogens is 1.